The summed E-state index contributed by atoms with van der Waals surface area (Å²) in [5, 5.41) is 7.40. The molecule has 0 saturated heterocycles. The Labute approximate surface area is 146 Å². The van der Waals surface area contributed by atoms with Crippen molar-refractivity contribution in [2.24, 2.45) is 5.73 Å². The number of primary amides is 1. The molecule has 3 amide bonds. The maximum Gasteiger partial charge on any atom is 0.318 e. The van der Waals surface area contributed by atoms with E-state index in [1.807, 2.05) is 17.5 Å². The molecule has 0 saturated carbocycles. The Kier molecular flexibility index (Phi) is 6.52. The van der Waals surface area contributed by atoms with Crippen LogP contribution in [-0.4, -0.2) is 18.0 Å². The summed E-state index contributed by atoms with van der Waals surface area (Å²) in [4.78, 5) is 23.9. The number of nitrogens with one attached hydrogen (secondary N) is 2. The van der Waals surface area contributed by atoms with Gasteiger partial charge in [0.25, 0.3) is 0 Å². The monoisotopic (exact) mass is 345 g/mol. The quantitative estimate of drug-likeness (QED) is 0.721. The number of hydrogen-bond donors (Lipinski definition) is 3. The molecule has 2 aromatic rings. The maximum atomic E-state index is 12.0. The Morgan fingerprint density at radius 2 is 1.92 bits per heavy atom. The fraction of sp³-hybridized carbons (Fsp3) is 0.333. The Morgan fingerprint density at radius 3 is 2.46 bits per heavy atom. The smallest absolute Gasteiger partial charge is 0.318 e. The number of imide groups is 1. The predicted octanol–water partition coefficient (Wildman–Crippen LogP) is 2.96. The van der Waals surface area contributed by atoms with Crippen molar-refractivity contribution < 1.29 is 9.59 Å². The molecule has 1 aromatic carbocycles. The lowest BCUT2D eigenvalue weighted by atomic mass is 10.0. The molecular formula is C18H23N3O2S. The minimum absolute atomic E-state index is 0.116. The predicted molar refractivity (Wildman–Crippen MR) is 96.9 cm³/mol. The summed E-state index contributed by atoms with van der Waals surface area (Å²) in [5.74, 6) is -0.438. The highest BCUT2D eigenvalue weighted by Gasteiger charge is 2.22. The van der Waals surface area contributed by atoms with E-state index in [0.29, 0.717) is 0 Å². The van der Waals surface area contributed by atoms with Gasteiger partial charge in [0.15, 0.2) is 0 Å². The number of thiophene rings is 1. The molecule has 0 radical (unpaired) electrons. The number of rotatable bonds is 7. The van der Waals surface area contributed by atoms with Gasteiger partial charge in [-0.25, -0.2) is 4.79 Å². The fourth-order valence-corrected chi connectivity index (χ4v) is 3.33. The molecule has 0 aliphatic heterocycles. The van der Waals surface area contributed by atoms with Gasteiger partial charge in [0.2, 0.25) is 5.91 Å². The largest absolute Gasteiger partial charge is 0.351 e. The summed E-state index contributed by atoms with van der Waals surface area (Å²) in [5.41, 5.74) is 7.39. The molecule has 0 bridgehead atoms. The van der Waals surface area contributed by atoms with Crippen molar-refractivity contribution >= 4 is 23.3 Å². The van der Waals surface area contributed by atoms with E-state index in [2.05, 4.69) is 41.8 Å². The first-order valence-corrected chi connectivity index (χ1v) is 8.87. The summed E-state index contributed by atoms with van der Waals surface area (Å²) in [6, 6.07) is 10.9. The topological polar surface area (TPSA) is 84.2 Å². The molecule has 4 N–H and O–H groups in total. The minimum atomic E-state index is -0.842. The van der Waals surface area contributed by atoms with Crippen molar-refractivity contribution in [3.63, 3.8) is 0 Å². The second kappa shape index (κ2) is 8.61. The Morgan fingerprint density at radius 1 is 1.21 bits per heavy atom. The highest BCUT2D eigenvalue weighted by molar-refractivity contribution is 7.10. The van der Waals surface area contributed by atoms with Crippen LogP contribution in [0.4, 0.5) is 4.79 Å². The molecule has 24 heavy (non-hydrogen) atoms. The van der Waals surface area contributed by atoms with Crippen molar-refractivity contribution in [1.29, 1.82) is 0 Å². The Hall–Kier alpha value is -2.18. The third-order valence-electron chi connectivity index (χ3n) is 3.74. The number of carbonyl (C=O) groups excluding carboxylic acids is 2. The van der Waals surface area contributed by atoms with Crippen LogP contribution in [0.5, 0.6) is 0 Å². The van der Waals surface area contributed by atoms with Crippen LogP contribution in [0.2, 0.25) is 0 Å². The Balaban J connectivity index is 2.19. The van der Waals surface area contributed by atoms with Crippen molar-refractivity contribution in [3.8, 4) is 0 Å². The van der Waals surface area contributed by atoms with Crippen LogP contribution in [0.3, 0.4) is 0 Å². The van der Waals surface area contributed by atoms with Gasteiger partial charge >= 0.3 is 6.03 Å². The van der Waals surface area contributed by atoms with E-state index in [1.54, 1.807) is 18.3 Å². The second-order valence-electron chi connectivity index (χ2n) is 5.68. The van der Waals surface area contributed by atoms with Crippen molar-refractivity contribution in [1.82, 2.24) is 10.6 Å². The summed E-state index contributed by atoms with van der Waals surface area (Å²) >= 11 is 1.62. The van der Waals surface area contributed by atoms with Gasteiger partial charge in [0, 0.05) is 4.88 Å². The molecule has 0 aliphatic carbocycles. The number of hydrogen-bond acceptors (Lipinski definition) is 4. The van der Waals surface area contributed by atoms with E-state index in [1.165, 1.54) is 5.56 Å². The molecule has 0 fully saturated rings. The van der Waals surface area contributed by atoms with E-state index in [4.69, 9.17) is 5.73 Å². The van der Waals surface area contributed by atoms with Gasteiger partial charge in [-0.1, -0.05) is 43.7 Å². The van der Waals surface area contributed by atoms with E-state index in [-0.39, 0.29) is 6.04 Å². The number of benzene rings is 1. The van der Waals surface area contributed by atoms with Crippen LogP contribution in [0, 0.1) is 0 Å². The average molecular weight is 345 g/mol. The van der Waals surface area contributed by atoms with Crippen molar-refractivity contribution in [3.05, 3.63) is 57.8 Å². The van der Waals surface area contributed by atoms with E-state index >= 15 is 0 Å². The minimum Gasteiger partial charge on any atom is -0.351 e. The zero-order chi connectivity index (χ0) is 17.5. The lowest BCUT2D eigenvalue weighted by molar-refractivity contribution is -0.121. The molecule has 0 unspecified atom stereocenters. The van der Waals surface area contributed by atoms with Crippen LogP contribution in [-0.2, 0) is 11.2 Å². The second-order valence-corrected chi connectivity index (χ2v) is 6.66. The zero-order valence-electron chi connectivity index (χ0n) is 13.9. The molecule has 5 nitrogen and oxygen atoms in total. The van der Waals surface area contributed by atoms with Crippen LogP contribution in [0.1, 0.15) is 42.3 Å². The molecule has 1 heterocycles. The molecule has 6 heteroatoms. The number of aryl methyl sites for hydroxylation is 1. The molecule has 2 atom stereocenters. The summed E-state index contributed by atoms with van der Waals surface area (Å²) < 4.78 is 0. The molecule has 2 rings (SSSR count). The SMILES string of the molecule is CCCc1ccc([C@H](N[C@H](C)C(=O)NC(N)=O)c2cccs2)cc1. The highest BCUT2D eigenvalue weighted by atomic mass is 32.1. The van der Waals surface area contributed by atoms with Gasteiger partial charge in [0.05, 0.1) is 12.1 Å². The van der Waals surface area contributed by atoms with Gasteiger partial charge in [-0.15, -0.1) is 11.3 Å². The van der Waals surface area contributed by atoms with Gasteiger partial charge in [-0.05, 0) is 35.9 Å². The standard InChI is InChI=1S/C18H23N3O2S/c1-3-5-13-7-9-14(10-8-13)16(15-6-4-11-24-15)20-12(2)17(22)21-18(19)23/h4,6-12,16,20H,3,5H2,1-2H3,(H3,19,21,22,23)/t12-,16+/m1/s1. The Bertz CT molecular complexity index is 668. The number of urea groups is 1. The van der Waals surface area contributed by atoms with Crippen LogP contribution in [0.15, 0.2) is 41.8 Å². The first kappa shape index (κ1) is 18.2. The molecule has 0 spiro atoms. The normalized spacial score (nSPS) is 13.2. The number of nitrogens with two attached hydrogens (primary N) is 1. The van der Waals surface area contributed by atoms with Crippen LogP contribution >= 0.6 is 11.3 Å². The fourth-order valence-electron chi connectivity index (χ4n) is 2.52. The summed E-state index contributed by atoms with van der Waals surface area (Å²) in [7, 11) is 0. The van der Waals surface area contributed by atoms with Crippen LogP contribution < -0.4 is 16.4 Å². The zero-order valence-corrected chi connectivity index (χ0v) is 14.7. The molecule has 1 aromatic heterocycles. The van der Waals surface area contributed by atoms with Crippen molar-refractivity contribution in [2.45, 2.75) is 38.8 Å². The number of amides is 3. The maximum absolute atomic E-state index is 12.0. The van der Waals surface area contributed by atoms with Gasteiger partial charge in [-0.3, -0.25) is 15.4 Å². The summed E-state index contributed by atoms with van der Waals surface area (Å²) in [6.45, 7) is 3.87. The third-order valence-corrected chi connectivity index (χ3v) is 4.67. The van der Waals surface area contributed by atoms with Gasteiger partial charge < -0.3 is 5.73 Å². The van der Waals surface area contributed by atoms with E-state index in [9.17, 15) is 9.59 Å². The molecular weight excluding hydrogens is 322 g/mol. The van der Waals surface area contributed by atoms with Crippen molar-refractivity contribution in [2.75, 3.05) is 0 Å². The first-order chi connectivity index (χ1) is 11.5. The van der Waals surface area contributed by atoms with Gasteiger partial charge in [0.1, 0.15) is 0 Å². The first-order valence-electron chi connectivity index (χ1n) is 7.99. The van der Waals surface area contributed by atoms with Crippen LogP contribution in [0.25, 0.3) is 0 Å². The summed E-state index contributed by atoms with van der Waals surface area (Å²) in [6.07, 6.45) is 2.16. The van der Waals surface area contributed by atoms with Gasteiger partial charge in [-0.2, -0.15) is 0 Å². The average Bonchev–Trinajstić information content (AvgIpc) is 3.07. The lowest BCUT2D eigenvalue weighted by Crippen LogP contribution is -2.47. The highest BCUT2D eigenvalue weighted by Crippen LogP contribution is 2.27. The molecule has 128 valence electrons. The third kappa shape index (κ3) is 4.91. The molecule has 0 aliphatic rings. The van der Waals surface area contributed by atoms with E-state index < -0.39 is 18.0 Å². The lowest BCUT2D eigenvalue weighted by Gasteiger charge is -2.22. The number of carbonyl (C=O) groups is 2. The van der Waals surface area contributed by atoms with E-state index in [0.717, 1.165) is 23.3 Å².